The summed E-state index contributed by atoms with van der Waals surface area (Å²) in [5, 5.41) is 5.78. The number of fused-ring (bicyclic) bond motifs is 1. The number of aryl methyl sites for hydroxylation is 1. The van der Waals surface area contributed by atoms with E-state index in [1.807, 2.05) is 18.3 Å². The number of anilines is 1. The first kappa shape index (κ1) is 21.6. The quantitative estimate of drug-likeness (QED) is 0.431. The number of hydrogen-bond acceptors (Lipinski definition) is 5. The highest BCUT2D eigenvalue weighted by atomic mass is 19.4. The van der Waals surface area contributed by atoms with E-state index >= 15 is 0 Å². The van der Waals surface area contributed by atoms with Crippen LogP contribution in [0.5, 0.6) is 0 Å². The first-order valence-electron chi connectivity index (χ1n) is 9.61. The van der Waals surface area contributed by atoms with Crippen LogP contribution >= 0.6 is 0 Å². The Bertz CT molecular complexity index is 957. The average molecular weight is 423 g/mol. The molecule has 1 aliphatic carbocycles. The van der Waals surface area contributed by atoms with Gasteiger partial charge in [0.1, 0.15) is 12.4 Å². The smallest absolute Gasteiger partial charge is 0.370 e. The van der Waals surface area contributed by atoms with Crippen molar-refractivity contribution in [1.82, 2.24) is 15.3 Å². The molecule has 2 aromatic rings. The second-order valence-electron chi connectivity index (χ2n) is 7.37. The molecular formula is C19H24F3N7O. The molecule has 1 aliphatic rings. The maximum absolute atomic E-state index is 12.5. The number of alkyl halides is 3. The molecule has 1 saturated carbocycles. The van der Waals surface area contributed by atoms with Gasteiger partial charge in [0.25, 0.3) is 5.91 Å². The minimum Gasteiger partial charge on any atom is -0.370 e. The van der Waals surface area contributed by atoms with E-state index in [9.17, 15) is 18.0 Å². The molecule has 1 fully saturated rings. The van der Waals surface area contributed by atoms with Crippen molar-refractivity contribution in [1.29, 1.82) is 0 Å². The van der Waals surface area contributed by atoms with Crippen LogP contribution in [0.15, 0.2) is 23.2 Å². The lowest BCUT2D eigenvalue weighted by Gasteiger charge is -2.30. The molecule has 3 rings (SSSR count). The number of guanidine groups is 1. The summed E-state index contributed by atoms with van der Waals surface area (Å²) in [6.45, 7) is 0.440. The van der Waals surface area contributed by atoms with E-state index in [1.54, 1.807) is 12.1 Å². The third kappa shape index (κ3) is 5.49. The van der Waals surface area contributed by atoms with Crippen molar-refractivity contribution in [2.24, 2.45) is 16.5 Å². The number of benzene rings is 1. The number of rotatable bonds is 5. The van der Waals surface area contributed by atoms with E-state index in [0.29, 0.717) is 16.7 Å². The van der Waals surface area contributed by atoms with Crippen molar-refractivity contribution in [2.45, 2.75) is 50.9 Å². The highest BCUT2D eigenvalue weighted by Crippen LogP contribution is 2.28. The number of aromatic nitrogens is 2. The normalized spacial score (nSPS) is 19.3. The van der Waals surface area contributed by atoms with Crippen LogP contribution < -0.4 is 22.1 Å². The Morgan fingerprint density at radius 1 is 1.23 bits per heavy atom. The maximum atomic E-state index is 12.5. The summed E-state index contributed by atoms with van der Waals surface area (Å²) in [5.41, 5.74) is 12.5. The predicted octanol–water partition coefficient (Wildman–Crippen LogP) is 2.23. The number of carbonyl (C=O) groups excluding carboxylic acids is 1. The highest BCUT2D eigenvalue weighted by Gasteiger charge is 2.29. The van der Waals surface area contributed by atoms with E-state index in [2.05, 4.69) is 20.3 Å². The van der Waals surface area contributed by atoms with E-state index < -0.39 is 18.6 Å². The Morgan fingerprint density at radius 3 is 2.67 bits per heavy atom. The van der Waals surface area contributed by atoms with Crippen LogP contribution in [0.1, 0.15) is 41.9 Å². The van der Waals surface area contributed by atoms with Crippen LogP contribution in [0.4, 0.5) is 19.0 Å². The second kappa shape index (κ2) is 8.72. The zero-order valence-corrected chi connectivity index (χ0v) is 16.5. The fourth-order valence-electron chi connectivity index (χ4n) is 3.51. The van der Waals surface area contributed by atoms with Crippen molar-refractivity contribution in [2.75, 3.05) is 11.9 Å². The second-order valence-corrected chi connectivity index (χ2v) is 7.37. The van der Waals surface area contributed by atoms with Gasteiger partial charge >= 0.3 is 6.18 Å². The molecule has 6 N–H and O–H groups in total. The van der Waals surface area contributed by atoms with Crippen LogP contribution in [-0.4, -0.2) is 46.6 Å². The lowest BCUT2D eigenvalue weighted by molar-refractivity contribution is -0.123. The molecule has 2 atom stereocenters. The molecule has 0 saturated heterocycles. The summed E-state index contributed by atoms with van der Waals surface area (Å²) in [6.07, 6.45) is -1.01. The number of amides is 1. The van der Waals surface area contributed by atoms with Crippen molar-refractivity contribution < 1.29 is 18.0 Å². The van der Waals surface area contributed by atoms with Gasteiger partial charge in [0.15, 0.2) is 5.96 Å². The van der Waals surface area contributed by atoms with Gasteiger partial charge in [-0.25, -0.2) is 15.0 Å². The predicted molar refractivity (Wildman–Crippen MR) is 108 cm³/mol. The van der Waals surface area contributed by atoms with Crippen LogP contribution in [0, 0.1) is 6.92 Å². The zero-order chi connectivity index (χ0) is 21.9. The van der Waals surface area contributed by atoms with Crippen LogP contribution in [-0.2, 0) is 0 Å². The molecule has 1 aromatic carbocycles. The average Bonchev–Trinajstić information content (AvgIpc) is 2.66. The summed E-state index contributed by atoms with van der Waals surface area (Å²) >= 11 is 0. The molecule has 1 heterocycles. The summed E-state index contributed by atoms with van der Waals surface area (Å²) in [6, 6.07) is 5.06. The highest BCUT2D eigenvalue weighted by molar-refractivity contribution is 5.96. The summed E-state index contributed by atoms with van der Waals surface area (Å²) < 4.78 is 37.4. The van der Waals surface area contributed by atoms with Gasteiger partial charge in [-0.15, -0.1) is 0 Å². The summed E-state index contributed by atoms with van der Waals surface area (Å²) in [7, 11) is 0. The third-order valence-corrected chi connectivity index (χ3v) is 4.87. The van der Waals surface area contributed by atoms with Crippen LogP contribution in [0.3, 0.4) is 0 Å². The van der Waals surface area contributed by atoms with Gasteiger partial charge in [-0.05, 0) is 31.9 Å². The lowest BCUT2D eigenvalue weighted by atomic mass is 9.90. The molecule has 30 heavy (non-hydrogen) atoms. The van der Waals surface area contributed by atoms with Crippen LogP contribution in [0.2, 0.25) is 0 Å². The summed E-state index contributed by atoms with van der Waals surface area (Å²) in [4.78, 5) is 24.9. The third-order valence-electron chi connectivity index (χ3n) is 4.87. The molecule has 1 aromatic heterocycles. The van der Waals surface area contributed by atoms with E-state index in [4.69, 9.17) is 11.5 Å². The molecule has 11 heteroatoms. The molecule has 0 bridgehead atoms. The van der Waals surface area contributed by atoms with Gasteiger partial charge in [0.2, 0.25) is 5.82 Å². The topological polar surface area (TPSA) is 131 Å². The first-order valence-corrected chi connectivity index (χ1v) is 9.61. The Morgan fingerprint density at radius 2 is 1.97 bits per heavy atom. The van der Waals surface area contributed by atoms with Gasteiger partial charge in [-0.1, -0.05) is 24.5 Å². The van der Waals surface area contributed by atoms with Gasteiger partial charge in [0.05, 0.1) is 17.6 Å². The number of nitrogens with two attached hydrogens (primary N) is 2. The minimum absolute atomic E-state index is 0.00990. The Kier molecular flexibility index (Phi) is 6.28. The van der Waals surface area contributed by atoms with Gasteiger partial charge in [-0.2, -0.15) is 13.2 Å². The fraction of sp³-hybridized carbons (Fsp3) is 0.474. The van der Waals surface area contributed by atoms with Crippen molar-refractivity contribution in [3.8, 4) is 0 Å². The molecule has 1 amide bonds. The first-order chi connectivity index (χ1) is 14.1. The minimum atomic E-state index is -4.53. The van der Waals surface area contributed by atoms with E-state index in [1.165, 1.54) is 0 Å². The SMILES string of the molecule is Cc1ccc2nc(C(=O)NCC(F)(F)F)nc(NC3CCCCC3N=C(N)N)c2c1. The van der Waals surface area contributed by atoms with Gasteiger partial charge < -0.3 is 22.1 Å². The Labute approximate surface area is 171 Å². The molecule has 0 aliphatic heterocycles. The molecule has 0 radical (unpaired) electrons. The van der Waals surface area contributed by atoms with Crippen molar-refractivity contribution in [3.63, 3.8) is 0 Å². The van der Waals surface area contributed by atoms with E-state index in [0.717, 1.165) is 31.2 Å². The number of hydrogen-bond donors (Lipinski definition) is 4. The number of nitrogens with one attached hydrogen (secondary N) is 2. The maximum Gasteiger partial charge on any atom is 0.405 e. The fourth-order valence-corrected chi connectivity index (χ4v) is 3.51. The molecular weight excluding hydrogens is 399 g/mol. The van der Waals surface area contributed by atoms with Crippen molar-refractivity contribution in [3.05, 3.63) is 29.6 Å². The number of carbonyl (C=O) groups is 1. The number of halogens is 3. The van der Waals surface area contributed by atoms with Gasteiger partial charge in [0, 0.05) is 5.39 Å². The number of aliphatic imine (C=N–C) groups is 1. The zero-order valence-electron chi connectivity index (χ0n) is 16.5. The number of nitrogens with zero attached hydrogens (tertiary/aromatic N) is 3. The molecule has 162 valence electrons. The molecule has 8 nitrogen and oxygen atoms in total. The monoisotopic (exact) mass is 423 g/mol. The standard InChI is InChI=1S/C19H24F3N7O/c1-10-6-7-12-11(8-10)15(27-13-4-2-3-5-14(13)28-18(23)24)29-16(26-12)17(30)25-9-19(20,21)22/h6-8,13-14H,2-5,9H2,1H3,(H,25,30)(H4,23,24,28)(H,26,27,29). The largest absolute Gasteiger partial charge is 0.405 e. The summed E-state index contributed by atoms with van der Waals surface area (Å²) in [5.74, 6) is -0.984. The van der Waals surface area contributed by atoms with Crippen molar-refractivity contribution >= 4 is 28.6 Å². The Balaban J connectivity index is 1.96. The Hall–Kier alpha value is -3.11. The lowest BCUT2D eigenvalue weighted by Crippen LogP contribution is -2.39. The van der Waals surface area contributed by atoms with E-state index in [-0.39, 0.29) is 23.9 Å². The van der Waals surface area contributed by atoms with Gasteiger partial charge in [-0.3, -0.25) is 4.79 Å². The molecule has 0 spiro atoms. The van der Waals surface area contributed by atoms with Crippen LogP contribution in [0.25, 0.3) is 10.9 Å². The molecule has 2 unspecified atom stereocenters.